The number of nitrogens with one attached hydrogen (secondary N) is 1. The molecule has 0 aromatic heterocycles. The van der Waals surface area contributed by atoms with Crippen molar-refractivity contribution in [3.63, 3.8) is 0 Å². The number of anilines is 1. The molecule has 24 heavy (non-hydrogen) atoms. The van der Waals surface area contributed by atoms with Gasteiger partial charge in [-0.05, 0) is 38.1 Å². The summed E-state index contributed by atoms with van der Waals surface area (Å²) in [6, 6.07) is 25.8. The molecule has 0 fully saturated rings. The first-order chi connectivity index (χ1) is 11.5. The first kappa shape index (κ1) is 17.8. The van der Waals surface area contributed by atoms with Crippen LogP contribution in [0.15, 0.2) is 89.8 Å². The Morgan fingerprint density at radius 2 is 1.08 bits per heavy atom. The lowest BCUT2D eigenvalue weighted by atomic mass is 10.2. The number of benzene rings is 3. The van der Waals surface area contributed by atoms with Gasteiger partial charge < -0.3 is 0 Å². The maximum atomic E-state index is 12.0. The minimum Gasteiger partial charge on any atom is -0.280 e. The van der Waals surface area contributed by atoms with E-state index in [2.05, 4.69) is 23.8 Å². The van der Waals surface area contributed by atoms with E-state index in [1.165, 1.54) is 5.56 Å². The topological polar surface area (TPSA) is 46.2 Å². The highest BCUT2D eigenvalue weighted by molar-refractivity contribution is 7.92. The number of aryl methyl sites for hydroxylation is 2. The summed E-state index contributed by atoms with van der Waals surface area (Å²) < 4.78 is 26.5. The SMILES string of the molecule is Cc1ccc(NS(=O)(=O)c2ccccc2)cc1.Cc1ccccc1. The molecule has 0 atom stereocenters. The molecule has 0 amide bonds. The van der Waals surface area contributed by atoms with Crippen LogP contribution in [0.1, 0.15) is 11.1 Å². The minimum absolute atomic E-state index is 0.264. The third-order valence-electron chi connectivity index (χ3n) is 3.30. The Bertz CT molecular complexity index is 843. The Morgan fingerprint density at radius 3 is 1.54 bits per heavy atom. The average molecular weight is 339 g/mol. The smallest absolute Gasteiger partial charge is 0.261 e. The van der Waals surface area contributed by atoms with Crippen molar-refractivity contribution in [3.8, 4) is 0 Å². The Labute approximate surface area is 144 Å². The minimum atomic E-state index is -3.48. The van der Waals surface area contributed by atoms with E-state index >= 15 is 0 Å². The van der Waals surface area contributed by atoms with E-state index in [1.807, 2.05) is 37.3 Å². The molecule has 3 nitrogen and oxygen atoms in total. The second kappa shape index (κ2) is 8.31. The largest absolute Gasteiger partial charge is 0.280 e. The van der Waals surface area contributed by atoms with Gasteiger partial charge in [-0.15, -0.1) is 0 Å². The van der Waals surface area contributed by atoms with Crippen molar-refractivity contribution in [1.29, 1.82) is 0 Å². The van der Waals surface area contributed by atoms with Crippen LogP contribution in [0.25, 0.3) is 0 Å². The van der Waals surface area contributed by atoms with Gasteiger partial charge in [-0.1, -0.05) is 71.8 Å². The zero-order valence-electron chi connectivity index (χ0n) is 13.8. The lowest BCUT2D eigenvalue weighted by molar-refractivity contribution is 0.601. The van der Waals surface area contributed by atoms with E-state index in [9.17, 15) is 8.42 Å². The van der Waals surface area contributed by atoms with Gasteiger partial charge in [0.05, 0.1) is 4.90 Å². The van der Waals surface area contributed by atoms with Crippen LogP contribution in [0, 0.1) is 13.8 Å². The maximum Gasteiger partial charge on any atom is 0.261 e. The molecule has 0 radical (unpaired) electrons. The summed E-state index contributed by atoms with van der Waals surface area (Å²) in [6.07, 6.45) is 0. The quantitative estimate of drug-likeness (QED) is 0.745. The normalized spacial score (nSPS) is 10.4. The molecular formula is C20H21NO2S. The summed E-state index contributed by atoms with van der Waals surface area (Å²) in [5.41, 5.74) is 2.98. The van der Waals surface area contributed by atoms with E-state index < -0.39 is 10.0 Å². The van der Waals surface area contributed by atoms with Crippen molar-refractivity contribution in [1.82, 2.24) is 0 Å². The molecule has 0 unspecified atom stereocenters. The van der Waals surface area contributed by atoms with E-state index in [0.29, 0.717) is 5.69 Å². The fourth-order valence-electron chi connectivity index (χ4n) is 1.97. The van der Waals surface area contributed by atoms with Gasteiger partial charge in [0.2, 0.25) is 0 Å². The van der Waals surface area contributed by atoms with Crippen LogP contribution in [0.3, 0.4) is 0 Å². The van der Waals surface area contributed by atoms with Crippen LogP contribution >= 0.6 is 0 Å². The summed E-state index contributed by atoms with van der Waals surface area (Å²) in [6.45, 7) is 4.04. The van der Waals surface area contributed by atoms with Gasteiger partial charge in [-0.25, -0.2) is 8.42 Å². The van der Waals surface area contributed by atoms with Crippen molar-refractivity contribution < 1.29 is 8.42 Å². The van der Waals surface area contributed by atoms with Gasteiger partial charge >= 0.3 is 0 Å². The average Bonchev–Trinajstić information content (AvgIpc) is 2.59. The summed E-state index contributed by atoms with van der Waals surface area (Å²) in [7, 11) is -3.48. The molecule has 0 bridgehead atoms. The number of hydrogen-bond donors (Lipinski definition) is 1. The number of rotatable bonds is 3. The maximum absolute atomic E-state index is 12.0. The van der Waals surface area contributed by atoms with E-state index in [1.54, 1.807) is 42.5 Å². The van der Waals surface area contributed by atoms with E-state index in [0.717, 1.165) is 5.56 Å². The standard InChI is InChI=1S/C13H13NO2S.C7H8/c1-11-7-9-12(10-8-11)14-17(15,16)13-5-3-2-4-6-13;1-7-5-3-2-4-6-7/h2-10,14H,1H3;2-6H,1H3. The Morgan fingerprint density at radius 1 is 0.625 bits per heavy atom. The fraction of sp³-hybridized carbons (Fsp3) is 0.100. The molecule has 3 rings (SSSR count). The second-order valence-corrected chi connectivity index (χ2v) is 7.12. The van der Waals surface area contributed by atoms with Crippen LogP contribution < -0.4 is 4.72 Å². The van der Waals surface area contributed by atoms with Crippen LogP contribution in [0.2, 0.25) is 0 Å². The predicted octanol–water partition coefficient (Wildman–Crippen LogP) is 4.79. The lowest BCUT2D eigenvalue weighted by Gasteiger charge is -2.07. The highest BCUT2D eigenvalue weighted by atomic mass is 32.2. The number of sulfonamides is 1. The third-order valence-corrected chi connectivity index (χ3v) is 4.69. The molecule has 0 aliphatic carbocycles. The molecule has 0 spiro atoms. The molecular weight excluding hydrogens is 318 g/mol. The fourth-order valence-corrected chi connectivity index (χ4v) is 3.05. The molecule has 3 aromatic carbocycles. The van der Waals surface area contributed by atoms with Gasteiger partial charge in [-0.2, -0.15) is 0 Å². The van der Waals surface area contributed by atoms with Crippen molar-refractivity contribution in [3.05, 3.63) is 96.1 Å². The second-order valence-electron chi connectivity index (χ2n) is 5.44. The first-order valence-electron chi connectivity index (χ1n) is 7.63. The molecule has 0 heterocycles. The van der Waals surface area contributed by atoms with Gasteiger partial charge in [0.1, 0.15) is 0 Å². The van der Waals surface area contributed by atoms with Crippen LogP contribution in [0.4, 0.5) is 5.69 Å². The first-order valence-corrected chi connectivity index (χ1v) is 9.12. The zero-order chi connectivity index (χ0) is 17.4. The Hall–Kier alpha value is -2.59. The molecule has 0 aliphatic heterocycles. The molecule has 0 saturated heterocycles. The van der Waals surface area contributed by atoms with E-state index in [4.69, 9.17) is 0 Å². The van der Waals surface area contributed by atoms with Gasteiger partial charge in [0, 0.05) is 5.69 Å². The van der Waals surface area contributed by atoms with Gasteiger partial charge in [0.15, 0.2) is 0 Å². The highest BCUT2D eigenvalue weighted by Crippen LogP contribution is 2.15. The Kier molecular flexibility index (Phi) is 6.15. The molecule has 0 saturated carbocycles. The molecule has 0 aliphatic rings. The Balaban J connectivity index is 0.000000249. The van der Waals surface area contributed by atoms with Gasteiger partial charge in [0.25, 0.3) is 10.0 Å². The number of hydrogen-bond acceptors (Lipinski definition) is 2. The van der Waals surface area contributed by atoms with Gasteiger partial charge in [-0.3, -0.25) is 4.72 Å². The predicted molar refractivity (Wildman–Crippen MR) is 99.6 cm³/mol. The van der Waals surface area contributed by atoms with Crippen LogP contribution in [-0.2, 0) is 10.0 Å². The zero-order valence-corrected chi connectivity index (χ0v) is 14.6. The third kappa shape index (κ3) is 5.56. The van der Waals surface area contributed by atoms with Crippen LogP contribution in [0.5, 0.6) is 0 Å². The monoisotopic (exact) mass is 339 g/mol. The van der Waals surface area contributed by atoms with Crippen LogP contribution in [-0.4, -0.2) is 8.42 Å². The van der Waals surface area contributed by atoms with Crippen molar-refractivity contribution in [2.75, 3.05) is 4.72 Å². The summed E-state index contributed by atoms with van der Waals surface area (Å²) >= 11 is 0. The van der Waals surface area contributed by atoms with Crippen molar-refractivity contribution >= 4 is 15.7 Å². The molecule has 3 aromatic rings. The van der Waals surface area contributed by atoms with Crippen molar-refractivity contribution in [2.24, 2.45) is 0 Å². The summed E-state index contributed by atoms with van der Waals surface area (Å²) in [4.78, 5) is 0.264. The summed E-state index contributed by atoms with van der Waals surface area (Å²) in [5, 5.41) is 0. The summed E-state index contributed by atoms with van der Waals surface area (Å²) in [5.74, 6) is 0. The van der Waals surface area contributed by atoms with E-state index in [-0.39, 0.29) is 4.90 Å². The molecule has 4 heteroatoms. The van der Waals surface area contributed by atoms with Crippen molar-refractivity contribution in [2.45, 2.75) is 18.7 Å². The molecule has 124 valence electrons. The molecule has 1 N–H and O–H groups in total. The lowest BCUT2D eigenvalue weighted by Crippen LogP contribution is -2.12. The highest BCUT2D eigenvalue weighted by Gasteiger charge is 2.12.